The third kappa shape index (κ3) is 5.22. The summed E-state index contributed by atoms with van der Waals surface area (Å²) < 4.78 is 43.4. The van der Waals surface area contributed by atoms with E-state index >= 15 is 0 Å². The average Bonchev–Trinajstić information content (AvgIpc) is 3.19. The van der Waals surface area contributed by atoms with Crippen LogP contribution in [0.2, 0.25) is 0 Å². The van der Waals surface area contributed by atoms with E-state index in [9.17, 15) is 18.0 Å². The van der Waals surface area contributed by atoms with Gasteiger partial charge in [-0.2, -0.15) is 18.3 Å². The van der Waals surface area contributed by atoms with Gasteiger partial charge in [0.25, 0.3) is 5.91 Å². The van der Waals surface area contributed by atoms with E-state index in [1.165, 1.54) is 30.5 Å². The Hall–Kier alpha value is -3.81. The van der Waals surface area contributed by atoms with Gasteiger partial charge < -0.3 is 10.1 Å². The summed E-state index contributed by atoms with van der Waals surface area (Å²) in [5.74, 6) is -0.501. The average molecular weight is 425 g/mol. The van der Waals surface area contributed by atoms with E-state index < -0.39 is 18.7 Å². The second kappa shape index (κ2) is 8.51. The van der Waals surface area contributed by atoms with Gasteiger partial charge in [-0.05, 0) is 34.5 Å². The number of hydrogen-bond acceptors (Lipinski definition) is 3. The molecule has 31 heavy (non-hydrogen) atoms. The number of halogens is 3. The van der Waals surface area contributed by atoms with Crippen LogP contribution in [0.4, 0.5) is 18.9 Å². The Balaban J connectivity index is 1.43. The first-order valence-electron chi connectivity index (χ1n) is 9.47. The smallest absolute Gasteiger partial charge is 0.422 e. The van der Waals surface area contributed by atoms with Crippen molar-refractivity contribution in [3.63, 3.8) is 0 Å². The highest BCUT2D eigenvalue weighted by Crippen LogP contribution is 2.21. The number of carbonyl (C=O) groups is 1. The molecule has 1 amide bonds. The molecule has 0 saturated carbocycles. The first kappa shape index (κ1) is 20.5. The molecule has 8 heteroatoms. The minimum Gasteiger partial charge on any atom is -0.484 e. The summed E-state index contributed by atoms with van der Waals surface area (Å²) in [5.41, 5.74) is 1.75. The third-order valence-corrected chi connectivity index (χ3v) is 4.60. The van der Waals surface area contributed by atoms with E-state index in [-0.39, 0.29) is 11.3 Å². The van der Waals surface area contributed by atoms with Crippen molar-refractivity contribution in [3.8, 4) is 5.75 Å². The number of anilines is 1. The second-order valence-electron chi connectivity index (χ2n) is 6.95. The topological polar surface area (TPSA) is 56.2 Å². The number of benzene rings is 3. The van der Waals surface area contributed by atoms with Crippen molar-refractivity contribution in [3.05, 3.63) is 90.3 Å². The summed E-state index contributed by atoms with van der Waals surface area (Å²) in [5, 5.41) is 9.25. The van der Waals surface area contributed by atoms with Gasteiger partial charge in [0.05, 0.1) is 18.4 Å². The summed E-state index contributed by atoms with van der Waals surface area (Å²) >= 11 is 0. The lowest BCUT2D eigenvalue weighted by atomic mass is 10.0. The van der Waals surface area contributed by atoms with Crippen molar-refractivity contribution in [2.24, 2.45) is 0 Å². The lowest BCUT2D eigenvalue weighted by Crippen LogP contribution is -2.19. The van der Waals surface area contributed by atoms with Gasteiger partial charge >= 0.3 is 6.18 Å². The number of nitrogens with zero attached hydrogens (tertiary/aromatic N) is 2. The molecule has 0 aliphatic heterocycles. The number of ether oxygens (including phenoxy) is 1. The van der Waals surface area contributed by atoms with Crippen LogP contribution in [0.3, 0.4) is 0 Å². The number of amides is 1. The molecule has 0 fully saturated rings. The van der Waals surface area contributed by atoms with E-state index in [2.05, 4.69) is 10.4 Å². The highest BCUT2D eigenvalue weighted by atomic mass is 19.4. The normalized spacial score (nSPS) is 11.5. The Kier molecular flexibility index (Phi) is 5.62. The quantitative estimate of drug-likeness (QED) is 0.457. The lowest BCUT2D eigenvalue weighted by molar-refractivity contribution is -0.153. The highest BCUT2D eigenvalue weighted by Gasteiger charge is 2.28. The molecule has 1 heterocycles. The molecule has 5 nitrogen and oxygen atoms in total. The molecule has 1 aromatic heterocycles. The standard InChI is InChI=1S/C23H18F3N3O2/c24-23(25,26)15-31-20-9-4-7-17(11-20)22(30)28-19-12-27-29(14-19)13-18-8-3-6-16-5-1-2-10-21(16)18/h1-12,14H,13,15H2,(H,28,30). The van der Waals surface area contributed by atoms with Crippen LogP contribution < -0.4 is 10.1 Å². The van der Waals surface area contributed by atoms with Crippen molar-refractivity contribution in [1.29, 1.82) is 0 Å². The van der Waals surface area contributed by atoms with Crippen molar-refractivity contribution in [2.45, 2.75) is 12.7 Å². The largest absolute Gasteiger partial charge is 0.484 e. The number of alkyl halides is 3. The maximum atomic E-state index is 12.5. The van der Waals surface area contributed by atoms with Gasteiger partial charge in [0.15, 0.2) is 6.61 Å². The first-order chi connectivity index (χ1) is 14.9. The summed E-state index contributed by atoms with van der Waals surface area (Å²) in [6.45, 7) is -0.892. The number of fused-ring (bicyclic) bond motifs is 1. The van der Waals surface area contributed by atoms with Gasteiger partial charge in [-0.15, -0.1) is 0 Å². The zero-order valence-corrected chi connectivity index (χ0v) is 16.3. The van der Waals surface area contributed by atoms with E-state index in [4.69, 9.17) is 4.74 Å². The monoisotopic (exact) mass is 425 g/mol. The Morgan fingerprint density at radius 3 is 2.65 bits per heavy atom. The molecule has 4 rings (SSSR count). The number of aromatic nitrogens is 2. The fraction of sp³-hybridized carbons (Fsp3) is 0.130. The minimum absolute atomic E-state index is 0.0309. The van der Waals surface area contributed by atoms with Crippen molar-refractivity contribution in [2.75, 3.05) is 11.9 Å². The van der Waals surface area contributed by atoms with Crippen LogP contribution in [0.15, 0.2) is 79.1 Å². The maximum absolute atomic E-state index is 12.5. The molecular weight excluding hydrogens is 407 g/mol. The Bertz CT molecular complexity index is 1210. The summed E-state index contributed by atoms with van der Waals surface area (Å²) in [6, 6.07) is 19.7. The molecule has 0 atom stereocenters. The molecule has 0 radical (unpaired) electrons. The number of hydrogen-bond donors (Lipinski definition) is 1. The van der Waals surface area contributed by atoms with Gasteiger partial charge in [0.2, 0.25) is 0 Å². The molecule has 0 aliphatic carbocycles. The first-order valence-corrected chi connectivity index (χ1v) is 9.47. The summed E-state index contributed by atoms with van der Waals surface area (Å²) in [6.07, 6.45) is -1.23. The maximum Gasteiger partial charge on any atom is 0.422 e. The minimum atomic E-state index is -4.45. The predicted octanol–water partition coefficient (Wildman–Crippen LogP) is 5.28. The number of carbonyl (C=O) groups excluding carboxylic acids is 1. The molecule has 0 saturated heterocycles. The molecular formula is C23H18F3N3O2. The molecule has 0 unspecified atom stereocenters. The summed E-state index contributed by atoms with van der Waals surface area (Å²) in [7, 11) is 0. The van der Waals surface area contributed by atoms with Crippen LogP contribution in [0.25, 0.3) is 10.8 Å². The van der Waals surface area contributed by atoms with Gasteiger partial charge in [-0.1, -0.05) is 48.5 Å². The molecule has 0 aliphatic rings. The molecule has 4 aromatic rings. The highest BCUT2D eigenvalue weighted by molar-refractivity contribution is 6.04. The fourth-order valence-electron chi connectivity index (χ4n) is 3.22. The zero-order chi connectivity index (χ0) is 21.8. The third-order valence-electron chi connectivity index (χ3n) is 4.60. The van der Waals surface area contributed by atoms with Gasteiger partial charge in [-0.25, -0.2) is 0 Å². The van der Waals surface area contributed by atoms with Crippen LogP contribution in [-0.4, -0.2) is 28.5 Å². The fourth-order valence-corrected chi connectivity index (χ4v) is 3.22. The number of rotatable bonds is 6. The van der Waals surface area contributed by atoms with Gasteiger partial charge in [0, 0.05) is 11.8 Å². The summed E-state index contributed by atoms with van der Waals surface area (Å²) in [4.78, 5) is 12.5. The van der Waals surface area contributed by atoms with Crippen LogP contribution in [0.1, 0.15) is 15.9 Å². The number of nitrogens with one attached hydrogen (secondary N) is 1. The van der Waals surface area contributed by atoms with Crippen molar-refractivity contribution < 1.29 is 22.7 Å². The molecule has 1 N–H and O–H groups in total. The van der Waals surface area contributed by atoms with Crippen molar-refractivity contribution >= 4 is 22.4 Å². The van der Waals surface area contributed by atoms with Crippen LogP contribution in [-0.2, 0) is 6.54 Å². The van der Waals surface area contributed by atoms with Crippen LogP contribution >= 0.6 is 0 Å². The van der Waals surface area contributed by atoms with Gasteiger partial charge in [0.1, 0.15) is 5.75 Å². The van der Waals surface area contributed by atoms with Gasteiger partial charge in [-0.3, -0.25) is 9.48 Å². The Labute approximate surface area is 176 Å². The van der Waals surface area contributed by atoms with Crippen LogP contribution in [0.5, 0.6) is 5.75 Å². The zero-order valence-electron chi connectivity index (χ0n) is 16.3. The molecule has 3 aromatic carbocycles. The van der Waals surface area contributed by atoms with Crippen molar-refractivity contribution in [1.82, 2.24) is 9.78 Å². The Morgan fingerprint density at radius 1 is 1.03 bits per heavy atom. The molecule has 158 valence electrons. The van der Waals surface area contributed by atoms with E-state index in [0.29, 0.717) is 12.2 Å². The lowest BCUT2D eigenvalue weighted by Gasteiger charge is -2.10. The SMILES string of the molecule is O=C(Nc1cnn(Cc2cccc3ccccc23)c1)c1cccc(OCC(F)(F)F)c1. The van der Waals surface area contributed by atoms with Crippen LogP contribution in [0, 0.1) is 0 Å². The molecule has 0 spiro atoms. The van der Waals surface area contributed by atoms with E-state index in [1.807, 2.05) is 42.5 Å². The van der Waals surface area contributed by atoms with E-state index in [0.717, 1.165) is 16.3 Å². The Morgan fingerprint density at radius 2 is 1.81 bits per heavy atom. The predicted molar refractivity (Wildman–Crippen MR) is 111 cm³/mol. The molecule has 0 bridgehead atoms. The van der Waals surface area contributed by atoms with E-state index in [1.54, 1.807) is 10.9 Å². The second-order valence-corrected chi connectivity index (χ2v) is 6.95.